The number of hydrogen-bond donors (Lipinski definition) is 1. The summed E-state index contributed by atoms with van der Waals surface area (Å²) in [6.45, 7) is 5.34. The third-order valence-electron chi connectivity index (χ3n) is 4.02. The number of anilines is 2. The van der Waals surface area contributed by atoms with Crippen molar-refractivity contribution in [1.29, 1.82) is 0 Å². The van der Waals surface area contributed by atoms with Gasteiger partial charge in [-0.15, -0.1) is 0 Å². The number of carbonyl (C=O) groups is 3. The standard InChI is InChI=1S/C21H19ClN2O4/c1-12(2)28-21(27)15-9-4-5-10-16(15)24-19(25)17(22)18(20(24)26)23-14-8-6-7-13(3)11-14/h4-12,23H,1-3H3. The summed E-state index contributed by atoms with van der Waals surface area (Å²) < 4.78 is 5.22. The summed E-state index contributed by atoms with van der Waals surface area (Å²) in [6, 6.07) is 13.6. The van der Waals surface area contributed by atoms with Gasteiger partial charge in [0.2, 0.25) is 0 Å². The highest BCUT2D eigenvalue weighted by Gasteiger charge is 2.40. The van der Waals surface area contributed by atoms with Gasteiger partial charge in [-0.25, -0.2) is 9.69 Å². The molecule has 144 valence electrons. The van der Waals surface area contributed by atoms with Crippen LogP contribution in [0.3, 0.4) is 0 Å². The van der Waals surface area contributed by atoms with Gasteiger partial charge in [0, 0.05) is 5.69 Å². The molecule has 2 aromatic rings. The van der Waals surface area contributed by atoms with Gasteiger partial charge >= 0.3 is 5.97 Å². The zero-order valence-electron chi connectivity index (χ0n) is 15.7. The highest BCUT2D eigenvalue weighted by molar-refractivity contribution is 6.53. The number of imide groups is 1. The van der Waals surface area contributed by atoms with Crippen LogP contribution in [0.25, 0.3) is 0 Å². The Morgan fingerprint density at radius 2 is 1.79 bits per heavy atom. The number of rotatable bonds is 5. The molecule has 0 saturated heterocycles. The van der Waals surface area contributed by atoms with Crippen LogP contribution in [-0.4, -0.2) is 23.9 Å². The van der Waals surface area contributed by atoms with E-state index in [9.17, 15) is 14.4 Å². The van der Waals surface area contributed by atoms with E-state index in [2.05, 4.69) is 5.32 Å². The lowest BCUT2D eigenvalue weighted by atomic mass is 10.1. The first-order valence-corrected chi connectivity index (χ1v) is 9.09. The normalized spacial score (nSPS) is 14.1. The Bertz CT molecular complexity index is 997. The molecule has 2 aromatic carbocycles. The minimum absolute atomic E-state index is 0.0377. The van der Waals surface area contributed by atoms with Crippen LogP contribution in [0.15, 0.2) is 59.3 Å². The Morgan fingerprint density at radius 3 is 2.46 bits per heavy atom. The molecule has 0 saturated carbocycles. The first-order valence-electron chi connectivity index (χ1n) is 8.72. The molecule has 0 radical (unpaired) electrons. The summed E-state index contributed by atoms with van der Waals surface area (Å²) in [5, 5.41) is 2.67. The van der Waals surface area contributed by atoms with E-state index in [0.29, 0.717) is 5.69 Å². The smallest absolute Gasteiger partial charge is 0.340 e. The number of carbonyl (C=O) groups excluding carboxylic acids is 3. The largest absolute Gasteiger partial charge is 0.459 e. The number of ether oxygens (including phenoxy) is 1. The van der Waals surface area contributed by atoms with Gasteiger partial charge in [0.25, 0.3) is 11.8 Å². The molecule has 3 rings (SSSR count). The van der Waals surface area contributed by atoms with Crippen LogP contribution < -0.4 is 10.2 Å². The van der Waals surface area contributed by atoms with E-state index in [0.717, 1.165) is 10.5 Å². The van der Waals surface area contributed by atoms with Gasteiger partial charge in [0.05, 0.1) is 17.4 Å². The lowest BCUT2D eigenvalue weighted by Gasteiger charge is -2.19. The van der Waals surface area contributed by atoms with Crippen molar-refractivity contribution in [3.05, 3.63) is 70.4 Å². The van der Waals surface area contributed by atoms with Crippen LogP contribution in [0, 0.1) is 6.92 Å². The van der Waals surface area contributed by atoms with Crippen molar-refractivity contribution < 1.29 is 19.1 Å². The van der Waals surface area contributed by atoms with E-state index < -0.39 is 17.8 Å². The van der Waals surface area contributed by atoms with Crippen LogP contribution in [0.2, 0.25) is 0 Å². The van der Waals surface area contributed by atoms with Crippen molar-refractivity contribution in [3.8, 4) is 0 Å². The fourth-order valence-corrected chi connectivity index (χ4v) is 3.03. The number of benzene rings is 2. The molecular weight excluding hydrogens is 380 g/mol. The molecule has 0 spiro atoms. The number of halogens is 1. The number of esters is 1. The molecule has 6 nitrogen and oxygen atoms in total. The molecule has 2 amide bonds. The Balaban J connectivity index is 1.95. The molecule has 1 aliphatic rings. The number of nitrogens with zero attached hydrogens (tertiary/aromatic N) is 1. The Kier molecular flexibility index (Phi) is 5.51. The fraction of sp³-hybridized carbons (Fsp3) is 0.190. The molecule has 0 bridgehead atoms. The van der Waals surface area contributed by atoms with Gasteiger partial charge in [-0.2, -0.15) is 0 Å². The summed E-state index contributed by atoms with van der Waals surface area (Å²) in [5.74, 6) is -1.96. The van der Waals surface area contributed by atoms with Gasteiger partial charge in [-0.3, -0.25) is 9.59 Å². The van der Waals surface area contributed by atoms with Gasteiger partial charge in [-0.05, 0) is 50.6 Å². The summed E-state index contributed by atoms with van der Waals surface area (Å²) in [6.07, 6.45) is -0.342. The molecule has 7 heteroatoms. The third-order valence-corrected chi connectivity index (χ3v) is 4.37. The number of para-hydroxylation sites is 1. The Hall–Kier alpha value is -3.12. The fourth-order valence-electron chi connectivity index (χ4n) is 2.82. The lowest BCUT2D eigenvalue weighted by molar-refractivity contribution is -0.120. The van der Waals surface area contributed by atoms with Crippen molar-refractivity contribution in [2.45, 2.75) is 26.9 Å². The van der Waals surface area contributed by atoms with E-state index in [4.69, 9.17) is 16.3 Å². The lowest BCUT2D eigenvalue weighted by Crippen LogP contribution is -2.33. The number of nitrogens with one attached hydrogen (secondary N) is 1. The van der Waals surface area contributed by atoms with Gasteiger partial charge in [0.15, 0.2) is 0 Å². The summed E-state index contributed by atoms with van der Waals surface area (Å²) in [4.78, 5) is 39.0. The Morgan fingerprint density at radius 1 is 1.07 bits per heavy atom. The minimum Gasteiger partial charge on any atom is -0.459 e. The monoisotopic (exact) mass is 398 g/mol. The molecule has 0 unspecified atom stereocenters. The quantitative estimate of drug-likeness (QED) is 0.608. The SMILES string of the molecule is Cc1cccc(NC2=C(Cl)C(=O)N(c3ccccc3C(=O)OC(C)C)C2=O)c1. The maximum absolute atomic E-state index is 13.0. The van der Waals surface area contributed by atoms with E-state index >= 15 is 0 Å². The van der Waals surface area contributed by atoms with Crippen LogP contribution in [0.4, 0.5) is 11.4 Å². The molecular formula is C21H19ClN2O4. The average Bonchev–Trinajstić information content (AvgIpc) is 2.85. The van der Waals surface area contributed by atoms with Crippen molar-refractivity contribution >= 4 is 40.8 Å². The highest BCUT2D eigenvalue weighted by atomic mass is 35.5. The minimum atomic E-state index is -0.702. The first-order chi connectivity index (χ1) is 13.3. The van der Waals surface area contributed by atoms with Crippen LogP contribution in [0.5, 0.6) is 0 Å². The van der Waals surface area contributed by atoms with E-state index in [1.54, 1.807) is 32.0 Å². The van der Waals surface area contributed by atoms with Crippen LogP contribution in [0.1, 0.15) is 29.8 Å². The third kappa shape index (κ3) is 3.77. The van der Waals surface area contributed by atoms with Crippen molar-refractivity contribution in [2.24, 2.45) is 0 Å². The van der Waals surface area contributed by atoms with Crippen molar-refractivity contribution in [3.63, 3.8) is 0 Å². The highest BCUT2D eigenvalue weighted by Crippen LogP contribution is 2.32. The van der Waals surface area contributed by atoms with Crippen LogP contribution >= 0.6 is 11.6 Å². The molecule has 0 fully saturated rings. The maximum Gasteiger partial charge on any atom is 0.340 e. The second-order valence-corrected chi connectivity index (χ2v) is 6.98. The zero-order valence-corrected chi connectivity index (χ0v) is 16.4. The van der Waals surface area contributed by atoms with E-state index in [-0.39, 0.29) is 28.1 Å². The molecule has 0 aliphatic carbocycles. The molecule has 0 atom stereocenters. The summed E-state index contributed by atoms with van der Waals surface area (Å²) in [7, 11) is 0. The predicted molar refractivity (Wildman–Crippen MR) is 107 cm³/mol. The summed E-state index contributed by atoms with van der Waals surface area (Å²) in [5.41, 5.74) is 1.81. The first kappa shape index (κ1) is 19.6. The average molecular weight is 399 g/mol. The molecule has 1 N–H and O–H groups in total. The van der Waals surface area contributed by atoms with Gasteiger partial charge in [-0.1, -0.05) is 35.9 Å². The van der Waals surface area contributed by atoms with Gasteiger partial charge < -0.3 is 10.1 Å². The van der Waals surface area contributed by atoms with Crippen LogP contribution in [-0.2, 0) is 14.3 Å². The summed E-state index contributed by atoms with van der Waals surface area (Å²) >= 11 is 6.16. The van der Waals surface area contributed by atoms with Gasteiger partial charge in [0.1, 0.15) is 10.7 Å². The van der Waals surface area contributed by atoms with E-state index in [1.165, 1.54) is 12.1 Å². The van der Waals surface area contributed by atoms with Crippen molar-refractivity contribution in [2.75, 3.05) is 10.2 Å². The molecule has 28 heavy (non-hydrogen) atoms. The van der Waals surface area contributed by atoms with E-state index in [1.807, 2.05) is 25.1 Å². The second kappa shape index (κ2) is 7.86. The zero-order chi connectivity index (χ0) is 20.4. The topological polar surface area (TPSA) is 75.7 Å². The number of aryl methyl sites for hydroxylation is 1. The number of hydrogen-bond acceptors (Lipinski definition) is 5. The Labute approximate surface area is 167 Å². The van der Waals surface area contributed by atoms with Crippen molar-refractivity contribution in [1.82, 2.24) is 0 Å². The molecule has 0 aromatic heterocycles. The maximum atomic E-state index is 13.0. The molecule has 1 heterocycles. The molecule has 1 aliphatic heterocycles. The second-order valence-electron chi connectivity index (χ2n) is 6.60. The predicted octanol–water partition coefficient (Wildman–Crippen LogP) is 4.00. The number of amides is 2.